The molecule has 3 N–H and O–H groups in total. The van der Waals surface area contributed by atoms with Crippen molar-refractivity contribution in [3.63, 3.8) is 0 Å². The van der Waals surface area contributed by atoms with Crippen LogP contribution in [0.15, 0.2) is 17.0 Å². The van der Waals surface area contributed by atoms with Gasteiger partial charge in [0.25, 0.3) is 0 Å². The summed E-state index contributed by atoms with van der Waals surface area (Å²) in [5.41, 5.74) is 8.05. The molecule has 1 aromatic rings. The van der Waals surface area contributed by atoms with Crippen molar-refractivity contribution in [3.8, 4) is 11.8 Å². The zero-order chi connectivity index (χ0) is 14.5. The molecule has 0 radical (unpaired) electrons. The lowest BCUT2D eigenvalue weighted by Gasteiger charge is -2.13. The maximum Gasteiger partial charge on any atom is 0.241 e. The van der Waals surface area contributed by atoms with Gasteiger partial charge in [-0.1, -0.05) is 19.8 Å². The van der Waals surface area contributed by atoms with Crippen LogP contribution in [-0.4, -0.2) is 15.0 Å². The highest BCUT2D eigenvalue weighted by atomic mass is 32.2. The van der Waals surface area contributed by atoms with Gasteiger partial charge in [-0.25, -0.2) is 8.42 Å². The average molecular weight is 280 g/mol. The van der Waals surface area contributed by atoms with Crippen molar-refractivity contribution in [2.75, 3.05) is 12.3 Å². The van der Waals surface area contributed by atoms with Gasteiger partial charge in [0.2, 0.25) is 10.0 Å². The van der Waals surface area contributed by atoms with Gasteiger partial charge in [0.1, 0.15) is 0 Å². The molecular formula is C14H20N2O2S. The molecule has 0 unspecified atom stereocenters. The lowest BCUT2D eigenvalue weighted by Crippen LogP contribution is -2.25. The van der Waals surface area contributed by atoms with Crippen LogP contribution in [0.3, 0.4) is 0 Å². The Hall–Kier alpha value is -1.51. The van der Waals surface area contributed by atoms with Crippen LogP contribution in [0.25, 0.3) is 0 Å². The molecule has 4 nitrogen and oxygen atoms in total. The van der Waals surface area contributed by atoms with Gasteiger partial charge in [-0.15, -0.1) is 5.92 Å². The summed E-state index contributed by atoms with van der Waals surface area (Å²) in [4.78, 5) is 0.268. The van der Waals surface area contributed by atoms with Gasteiger partial charge < -0.3 is 5.73 Å². The fourth-order valence-electron chi connectivity index (χ4n) is 1.85. The summed E-state index contributed by atoms with van der Waals surface area (Å²) in [6.45, 7) is 5.63. The second-order valence-electron chi connectivity index (χ2n) is 4.12. The second-order valence-corrected chi connectivity index (χ2v) is 5.86. The molecule has 0 bridgehead atoms. The molecule has 5 heteroatoms. The standard InChI is InChI=1S/C14H20N2O2S/c1-4-7-8-16-19(17,18)14-10-11(5-2)9-13(15)12(14)6-3/h9-10,16H,5-6,8,15H2,1-3H3. The smallest absolute Gasteiger partial charge is 0.241 e. The Morgan fingerprint density at radius 2 is 1.95 bits per heavy atom. The molecule has 104 valence electrons. The zero-order valence-electron chi connectivity index (χ0n) is 11.6. The third-order valence-electron chi connectivity index (χ3n) is 2.88. The number of hydrogen-bond donors (Lipinski definition) is 2. The molecule has 19 heavy (non-hydrogen) atoms. The van der Waals surface area contributed by atoms with Gasteiger partial charge in [-0.3, -0.25) is 0 Å². The van der Waals surface area contributed by atoms with Crippen molar-refractivity contribution < 1.29 is 8.42 Å². The Balaban J connectivity index is 3.29. The van der Waals surface area contributed by atoms with Crippen molar-refractivity contribution >= 4 is 15.7 Å². The van der Waals surface area contributed by atoms with Gasteiger partial charge >= 0.3 is 0 Å². The first-order valence-electron chi connectivity index (χ1n) is 6.26. The van der Waals surface area contributed by atoms with E-state index in [2.05, 4.69) is 16.6 Å². The van der Waals surface area contributed by atoms with E-state index in [1.54, 1.807) is 13.0 Å². The largest absolute Gasteiger partial charge is 0.398 e. The Morgan fingerprint density at radius 3 is 2.47 bits per heavy atom. The Bertz CT molecular complexity index is 610. The topological polar surface area (TPSA) is 72.2 Å². The summed E-state index contributed by atoms with van der Waals surface area (Å²) in [6, 6.07) is 3.53. The van der Waals surface area contributed by atoms with E-state index in [9.17, 15) is 8.42 Å². The van der Waals surface area contributed by atoms with Crippen LogP contribution in [0.5, 0.6) is 0 Å². The highest BCUT2D eigenvalue weighted by molar-refractivity contribution is 7.89. The molecule has 0 amide bonds. The summed E-state index contributed by atoms with van der Waals surface area (Å²) >= 11 is 0. The third-order valence-corrected chi connectivity index (χ3v) is 4.35. The van der Waals surface area contributed by atoms with Crippen LogP contribution in [-0.2, 0) is 22.9 Å². The SMILES string of the molecule is CC#CCNS(=O)(=O)c1cc(CC)cc(N)c1CC. The van der Waals surface area contributed by atoms with Crippen LogP contribution in [0.2, 0.25) is 0 Å². The summed E-state index contributed by atoms with van der Waals surface area (Å²) in [5.74, 6) is 5.34. The minimum Gasteiger partial charge on any atom is -0.398 e. The van der Waals surface area contributed by atoms with Crippen molar-refractivity contribution in [2.45, 2.75) is 38.5 Å². The van der Waals surface area contributed by atoms with Gasteiger partial charge in [-0.2, -0.15) is 4.72 Å². The van der Waals surface area contributed by atoms with Crippen molar-refractivity contribution in [3.05, 3.63) is 23.3 Å². The first-order valence-corrected chi connectivity index (χ1v) is 7.75. The lowest BCUT2D eigenvalue weighted by molar-refractivity contribution is 0.585. The number of rotatable bonds is 5. The van der Waals surface area contributed by atoms with Gasteiger partial charge in [0.15, 0.2) is 0 Å². The highest BCUT2D eigenvalue weighted by Gasteiger charge is 2.19. The number of aryl methyl sites for hydroxylation is 1. The monoisotopic (exact) mass is 280 g/mol. The summed E-state index contributed by atoms with van der Waals surface area (Å²) in [7, 11) is -3.56. The molecule has 1 aromatic carbocycles. The number of sulfonamides is 1. The number of benzene rings is 1. The highest BCUT2D eigenvalue weighted by Crippen LogP contribution is 2.25. The van der Waals surface area contributed by atoms with Crippen LogP contribution in [0.1, 0.15) is 31.9 Å². The molecule has 0 heterocycles. The minimum atomic E-state index is -3.56. The molecular weight excluding hydrogens is 260 g/mol. The summed E-state index contributed by atoms with van der Waals surface area (Å²) in [6.07, 6.45) is 1.32. The third kappa shape index (κ3) is 3.72. The molecule has 0 aliphatic heterocycles. The molecule has 0 saturated heterocycles. The maximum absolute atomic E-state index is 12.3. The number of nitrogen functional groups attached to an aromatic ring is 1. The summed E-state index contributed by atoms with van der Waals surface area (Å²) < 4.78 is 27.0. The van der Waals surface area contributed by atoms with E-state index < -0.39 is 10.0 Å². The first-order chi connectivity index (χ1) is 8.96. The molecule has 0 saturated carbocycles. The van der Waals surface area contributed by atoms with E-state index in [-0.39, 0.29) is 11.4 Å². The Kier molecular flexibility index (Phi) is 5.40. The second kappa shape index (κ2) is 6.60. The number of anilines is 1. The summed E-state index contributed by atoms with van der Waals surface area (Å²) in [5, 5.41) is 0. The lowest BCUT2D eigenvalue weighted by atomic mass is 10.1. The minimum absolute atomic E-state index is 0.109. The average Bonchev–Trinajstić information content (AvgIpc) is 2.37. The molecule has 1 rings (SSSR count). The van der Waals surface area contributed by atoms with Crippen molar-refractivity contribution in [1.29, 1.82) is 0 Å². The van der Waals surface area contributed by atoms with Crippen LogP contribution in [0.4, 0.5) is 5.69 Å². The predicted molar refractivity (Wildman–Crippen MR) is 78.2 cm³/mol. The van der Waals surface area contributed by atoms with E-state index in [1.807, 2.05) is 19.9 Å². The van der Waals surface area contributed by atoms with E-state index in [4.69, 9.17) is 5.73 Å². The molecule has 0 aliphatic carbocycles. The van der Waals surface area contributed by atoms with Crippen LogP contribution in [0, 0.1) is 11.8 Å². The van der Waals surface area contributed by atoms with E-state index >= 15 is 0 Å². The predicted octanol–water partition coefficient (Wildman–Crippen LogP) is 1.70. The van der Waals surface area contributed by atoms with Crippen LogP contribution >= 0.6 is 0 Å². The fraction of sp³-hybridized carbons (Fsp3) is 0.429. The fourth-order valence-corrected chi connectivity index (χ4v) is 3.16. The van der Waals surface area contributed by atoms with Gasteiger partial charge in [0, 0.05) is 5.69 Å². The van der Waals surface area contributed by atoms with Gasteiger partial charge in [-0.05, 0) is 43.0 Å². The molecule has 0 spiro atoms. The van der Waals surface area contributed by atoms with Crippen molar-refractivity contribution in [1.82, 2.24) is 4.72 Å². The number of nitrogens with one attached hydrogen (secondary N) is 1. The maximum atomic E-state index is 12.3. The van der Waals surface area contributed by atoms with Crippen LogP contribution < -0.4 is 10.5 Å². The normalized spacial score (nSPS) is 10.9. The molecule has 0 aliphatic rings. The van der Waals surface area contributed by atoms with Gasteiger partial charge in [0.05, 0.1) is 11.4 Å². The van der Waals surface area contributed by atoms with E-state index in [0.29, 0.717) is 17.7 Å². The zero-order valence-corrected chi connectivity index (χ0v) is 12.4. The number of hydrogen-bond acceptors (Lipinski definition) is 3. The molecule has 0 fully saturated rings. The quantitative estimate of drug-likeness (QED) is 0.637. The van der Waals surface area contributed by atoms with E-state index in [0.717, 1.165) is 12.0 Å². The molecule has 0 atom stereocenters. The Morgan fingerprint density at radius 1 is 1.26 bits per heavy atom. The van der Waals surface area contributed by atoms with Crippen molar-refractivity contribution in [2.24, 2.45) is 0 Å². The van der Waals surface area contributed by atoms with E-state index in [1.165, 1.54) is 0 Å². The number of nitrogens with two attached hydrogens (primary N) is 1. The molecule has 0 aromatic heterocycles. The first kappa shape index (κ1) is 15.5. The Labute approximate surface area is 115 Å².